The Morgan fingerprint density at radius 1 is 1.33 bits per heavy atom. The van der Waals surface area contributed by atoms with E-state index in [0.29, 0.717) is 6.54 Å². The molecule has 0 aliphatic heterocycles. The Labute approximate surface area is 149 Å². The average molecular weight is 358 g/mol. The van der Waals surface area contributed by atoms with Crippen molar-refractivity contribution < 1.29 is 4.79 Å². The van der Waals surface area contributed by atoms with Crippen LogP contribution in [0.3, 0.4) is 0 Å². The van der Waals surface area contributed by atoms with Crippen molar-refractivity contribution in [2.75, 3.05) is 6.26 Å². The smallest absolute Gasteiger partial charge is 0.240 e. The van der Waals surface area contributed by atoms with Crippen LogP contribution in [0, 0.1) is 0 Å². The van der Waals surface area contributed by atoms with E-state index in [1.807, 2.05) is 46.5 Å². The van der Waals surface area contributed by atoms with Gasteiger partial charge in [-0.25, -0.2) is 9.97 Å². The molecule has 3 aromatic rings. The maximum atomic E-state index is 12.2. The Bertz CT molecular complexity index is 798. The molecule has 0 saturated carbocycles. The van der Waals surface area contributed by atoms with Crippen LogP contribution in [0.1, 0.15) is 10.7 Å². The summed E-state index contributed by atoms with van der Waals surface area (Å²) in [7, 11) is 0. The lowest BCUT2D eigenvalue weighted by Crippen LogP contribution is -2.27. The third kappa shape index (κ3) is 4.24. The van der Waals surface area contributed by atoms with Crippen LogP contribution >= 0.6 is 23.1 Å². The van der Waals surface area contributed by atoms with E-state index in [1.165, 1.54) is 0 Å². The fourth-order valence-corrected chi connectivity index (χ4v) is 3.82. The van der Waals surface area contributed by atoms with E-state index in [1.54, 1.807) is 29.3 Å². The first-order chi connectivity index (χ1) is 11.8. The molecule has 2 aromatic heterocycles. The molecule has 0 spiro atoms. The molecule has 1 N–H and O–H groups in total. The minimum absolute atomic E-state index is 0.0513. The lowest BCUT2D eigenvalue weighted by molar-refractivity contribution is -0.121. The van der Waals surface area contributed by atoms with E-state index in [9.17, 15) is 4.79 Å². The average Bonchev–Trinajstić information content (AvgIpc) is 3.24. The lowest BCUT2D eigenvalue weighted by Gasteiger charge is -2.08. The molecule has 0 saturated heterocycles. The van der Waals surface area contributed by atoms with Gasteiger partial charge in [0, 0.05) is 29.1 Å². The fourth-order valence-electron chi connectivity index (χ4n) is 2.30. The van der Waals surface area contributed by atoms with Gasteiger partial charge in [0.15, 0.2) is 0 Å². The van der Waals surface area contributed by atoms with Crippen molar-refractivity contribution in [2.24, 2.45) is 0 Å². The minimum atomic E-state index is -0.0513. The molecule has 0 bridgehead atoms. The molecule has 124 valence electrons. The van der Waals surface area contributed by atoms with Crippen molar-refractivity contribution in [3.05, 3.63) is 58.8 Å². The van der Waals surface area contributed by atoms with Crippen LogP contribution < -0.4 is 5.32 Å². The highest BCUT2D eigenvalue weighted by molar-refractivity contribution is 7.97. The molecular formula is C17H18N4OS2. The maximum Gasteiger partial charge on any atom is 0.240 e. The number of rotatable bonds is 7. The van der Waals surface area contributed by atoms with Crippen LogP contribution in [0.15, 0.2) is 48.1 Å². The van der Waals surface area contributed by atoms with Gasteiger partial charge in [0.1, 0.15) is 17.4 Å². The second-order valence-electron chi connectivity index (χ2n) is 5.19. The molecule has 24 heavy (non-hydrogen) atoms. The van der Waals surface area contributed by atoms with Crippen LogP contribution in [-0.4, -0.2) is 26.7 Å². The highest BCUT2D eigenvalue weighted by Gasteiger charge is 2.10. The summed E-state index contributed by atoms with van der Waals surface area (Å²) in [4.78, 5) is 21.1. The summed E-state index contributed by atoms with van der Waals surface area (Å²) in [5, 5.41) is 6.01. The van der Waals surface area contributed by atoms with Gasteiger partial charge in [0.2, 0.25) is 5.91 Å². The van der Waals surface area contributed by atoms with E-state index in [2.05, 4.69) is 21.5 Å². The van der Waals surface area contributed by atoms with Gasteiger partial charge in [0.05, 0.1) is 12.2 Å². The zero-order chi connectivity index (χ0) is 16.8. The molecule has 5 nitrogen and oxygen atoms in total. The Balaban J connectivity index is 1.58. The predicted octanol–water partition coefficient (Wildman–Crippen LogP) is 3.19. The van der Waals surface area contributed by atoms with E-state index >= 15 is 0 Å². The number of carbonyl (C=O) groups is 1. The molecule has 1 aromatic carbocycles. The van der Waals surface area contributed by atoms with Crippen LogP contribution in [-0.2, 0) is 23.6 Å². The molecule has 3 rings (SSSR count). The number of benzene rings is 1. The fraction of sp³-hybridized carbons (Fsp3) is 0.235. The van der Waals surface area contributed by atoms with Gasteiger partial charge < -0.3 is 9.88 Å². The van der Waals surface area contributed by atoms with Gasteiger partial charge in [-0.15, -0.1) is 11.3 Å². The Hall–Kier alpha value is -2.12. The van der Waals surface area contributed by atoms with E-state index < -0.39 is 0 Å². The van der Waals surface area contributed by atoms with Gasteiger partial charge in [-0.1, -0.05) is 30.3 Å². The van der Waals surface area contributed by atoms with Crippen molar-refractivity contribution in [3.63, 3.8) is 0 Å². The summed E-state index contributed by atoms with van der Waals surface area (Å²) in [6.45, 7) is 0.700. The third-order valence-electron chi connectivity index (χ3n) is 3.40. The zero-order valence-corrected chi connectivity index (χ0v) is 14.9. The molecule has 2 heterocycles. The molecular weight excluding hydrogens is 340 g/mol. The summed E-state index contributed by atoms with van der Waals surface area (Å²) < 4.78 is 1.85. The molecule has 0 radical (unpaired) electrons. The van der Waals surface area contributed by atoms with Crippen LogP contribution in [0.4, 0.5) is 0 Å². The zero-order valence-electron chi connectivity index (χ0n) is 13.3. The first-order valence-electron chi connectivity index (χ1n) is 7.51. The normalized spacial score (nSPS) is 10.7. The highest BCUT2D eigenvalue weighted by atomic mass is 32.2. The third-order valence-corrected chi connectivity index (χ3v) is 5.04. The van der Waals surface area contributed by atoms with Gasteiger partial charge >= 0.3 is 0 Å². The van der Waals surface area contributed by atoms with E-state index in [-0.39, 0.29) is 12.5 Å². The number of amides is 1. The summed E-state index contributed by atoms with van der Waals surface area (Å²) in [6, 6.07) is 9.85. The van der Waals surface area contributed by atoms with Gasteiger partial charge in [0.25, 0.3) is 0 Å². The number of hydrogen-bond acceptors (Lipinski definition) is 5. The summed E-state index contributed by atoms with van der Waals surface area (Å²) in [5.74, 6) is 1.65. The number of aromatic nitrogens is 3. The van der Waals surface area contributed by atoms with Crippen molar-refractivity contribution in [3.8, 4) is 11.4 Å². The molecule has 0 fully saturated rings. The summed E-state index contributed by atoms with van der Waals surface area (Å²) in [6.07, 6.45) is 5.59. The minimum Gasteiger partial charge on any atom is -0.349 e. The van der Waals surface area contributed by atoms with Crippen LogP contribution in [0.25, 0.3) is 11.4 Å². The molecule has 0 aliphatic rings. The SMILES string of the molecule is CSCc1nc(CNC(=O)Cn2ccnc2-c2ccccc2)cs1. The number of hydrogen-bond donors (Lipinski definition) is 1. The standard InChI is InChI=1S/C17H18N4OS2/c1-23-12-16-20-14(11-24-16)9-19-15(22)10-21-8-7-18-17(21)13-5-3-2-4-6-13/h2-8,11H,9-10,12H2,1H3,(H,19,22). The van der Waals surface area contributed by atoms with Gasteiger partial charge in [-0.3, -0.25) is 4.79 Å². The number of carbonyl (C=O) groups excluding carboxylic acids is 1. The summed E-state index contributed by atoms with van der Waals surface area (Å²) >= 11 is 3.38. The number of nitrogens with one attached hydrogen (secondary N) is 1. The van der Waals surface area contributed by atoms with E-state index in [4.69, 9.17) is 0 Å². The topological polar surface area (TPSA) is 59.8 Å². The van der Waals surface area contributed by atoms with Crippen molar-refractivity contribution in [1.82, 2.24) is 19.9 Å². The number of thioether (sulfide) groups is 1. The predicted molar refractivity (Wildman–Crippen MR) is 98.8 cm³/mol. The number of nitrogens with zero attached hydrogens (tertiary/aromatic N) is 3. The van der Waals surface area contributed by atoms with Crippen molar-refractivity contribution >= 4 is 29.0 Å². The lowest BCUT2D eigenvalue weighted by atomic mass is 10.2. The quantitative estimate of drug-likeness (QED) is 0.705. The van der Waals surface area contributed by atoms with Crippen LogP contribution in [0.2, 0.25) is 0 Å². The Morgan fingerprint density at radius 2 is 2.17 bits per heavy atom. The van der Waals surface area contributed by atoms with Crippen LogP contribution in [0.5, 0.6) is 0 Å². The highest BCUT2D eigenvalue weighted by Crippen LogP contribution is 2.17. The maximum absolute atomic E-state index is 12.2. The first-order valence-corrected chi connectivity index (χ1v) is 9.79. The molecule has 0 aliphatic carbocycles. The van der Waals surface area contributed by atoms with Gasteiger partial charge in [-0.2, -0.15) is 11.8 Å². The molecule has 0 unspecified atom stereocenters. The van der Waals surface area contributed by atoms with Gasteiger partial charge in [-0.05, 0) is 6.26 Å². The second-order valence-corrected chi connectivity index (χ2v) is 7.00. The van der Waals surface area contributed by atoms with Crippen molar-refractivity contribution in [1.29, 1.82) is 0 Å². The Kier molecular flexibility index (Phi) is 5.66. The first kappa shape index (κ1) is 16.7. The Morgan fingerprint density at radius 3 is 2.96 bits per heavy atom. The molecule has 7 heteroatoms. The number of thiazole rings is 1. The largest absolute Gasteiger partial charge is 0.349 e. The monoisotopic (exact) mass is 358 g/mol. The molecule has 1 amide bonds. The van der Waals surface area contributed by atoms with Crippen molar-refractivity contribution in [2.45, 2.75) is 18.8 Å². The second kappa shape index (κ2) is 8.12. The number of imidazole rings is 1. The summed E-state index contributed by atoms with van der Waals surface area (Å²) in [5.41, 5.74) is 1.91. The molecule has 0 atom stereocenters. The van der Waals surface area contributed by atoms with E-state index in [0.717, 1.165) is 27.8 Å².